The van der Waals surface area contributed by atoms with Gasteiger partial charge in [-0.25, -0.2) is 4.98 Å². The second-order valence-corrected chi connectivity index (χ2v) is 5.05. The van der Waals surface area contributed by atoms with E-state index in [0.29, 0.717) is 11.5 Å². The first-order valence-corrected chi connectivity index (χ1v) is 6.73. The van der Waals surface area contributed by atoms with Crippen molar-refractivity contribution in [2.45, 2.75) is 26.3 Å². The molecule has 0 saturated heterocycles. The molecule has 112 valence electrons. The number of hydrogen-bond donors (Lipinski definition) is 2. The van der Waals surface area contributed by atoms with Gasteiger partial charge in [0.15, 0.2) is 0 Å². The number of carbonyl (C=O) groups is 1. The number of halogens is 1. The molecule has 5 nitrogen and oxygen atoms in total. The number of aromatic nitrogens is 1. The Hall–Kier alpha value is -2.01. The molecule has 1 aromatic heterocycles. The van der Waals surface area contributed by atoms with Crippen LogP contribution in [0.5, 0.6) is 0 Å². The van der Waals surface area contributed by atoms with Gasteiger partial charge in [-0.05, 0) is 44.0 Å². The molecule has 21 heavy (non-hydrogen) atoms. The Morgan fingerprint density at radius 3 is 3.00 bits per heavy atom. The first kappa shape index (κ1) is 15.4. The molecule has 0 spiro atoms. The lowest BCUT2D eigenvalue weighted by atomic mass is 10.1. The summed E-state index contributed by atoms with van der Waals surface area (Å²) < 4.78 is 5.42. The molecular formula is C15H18ClN3O2. The molecule has 2 heterocycles. The van der Waals surface area contributed by atoms with Crippen LogP contribution in [0.2, 0.25) is 0 Å². The zero-order chi connectivity index (χ0) is 14.1. The van der Waals surface area contributed by atoms with Crippen molar-refractivity contribution in [3.05, 3.63) is 47.2 Å². The fraction of sp³-hybridized carbons (Fsp3) is 0.333. The summed E-state index contributed by atoms with van der Waals surface area (Å²) in [5.74, 6) is 1.16. The number of aryl methyl sites for hydroxylation is 1. The summed E-state index contributed by atoms with van der Waals surface area (Å²) in [5, 5.41) is 6.18. The van der Waals surface area contributed by atoms with Crippen LogP contribution >= 0.6 is 12.4 Å². The highest BCUT2D eigenvalue weighted by Gasteiger charge is 2.17. The van der Waals surface area contributed by atoms with Crippen molar-refractivity contribution in [1.82, 2.24) is 10.3 Å². The fourth-order valence-corrected chi connectivity index (χ4v) is 2.36. The molecule has 0 radical (unpaired) electrons. The lowest BCUT2D eigenvalue weighted by molar-refractivity contribution is 0.0934. The Bertz CT molecular complexity index is 654. The van der Waals surface area contributed by atoms with E-state index in [0.717, 1.165) is 24.4 Å². The number of nitrogens with one attached hydrogen (secondary N) is 2. The van der Waals surface area contributed by atoms with Crippen LogP contribution in [0.15, 0.2) is 28.8 Å². The second-order valence-electron chi connectivity index (χ2n) is 5.05. The normalized spacial score (nSPS) is 13.8. The van der Waals surface area contributed by atoms with E-state index in [1.165, 1.54) is 5.56 Å². The molecule has 3 rings (SSSR count). The van der Waals surface area contributed by atoms with Crippen molar-refractivity contribution in [3.63, 3.8) is 0 Å². The molecular weight excluding hydrogens is 290 g/mol. The number of benzene rings is 1. The van der Waals surface area contributed by atoms with Crippen LogP contribution < -0.4 is 10.6 Å². The van der Waals surface area contributed by atoms with E-state index in [9.17, 15) is 4.79 Å². The predicted octanol–water partition coefficient (Wildman–Crippen LogP) is 2.86. The molecule has 0 aliphatic carbocycles. The number of amides is 1. The number of hydrogen-bond acceptors (Lipinski definition) is 4. The Kier molecular flexibility index (Phi) is 4.53. The largest absolute Gasteiger partial charge is 0.444 e. The minimum Gasteiger partial charge on any atom is -0.444 e. The molecule has 1 atom stereocenters. The zero-order valence-corrected chi connectivity index (χ0v) is 12.8. The summed E-state index contributed by atoms with van der Waals surface area (Å²) in [6.07, 6.45) is 2.62. The van der Waals surface area contributed by atoms with E-state index >= 15 is 0 Å². The van der Waals surface area contributed by atoms with Crippen LogP contribution in [0.25, 0.3) is 0 Å². The fourth-order valence-electron chi connectivity index (χ4n) is 2.36. The van der Waals surface area contributed by atoms with E-state index in [-0.39, 0.29) is 24.4 Å². The standard InChI is InChI=1S/C15H17N3O2.ClH/c1-9-8-17-15(20-9)10(2)18-14(19)12-3-4-13-11(7-12)5-6-16-13;/h3-4,7-8,10,16H,5-6H2,1-2H3,(H,18,19);1H. The number of fused-ring (bicyclic) bond motifs is 1. The third-order valence-electron chi connectivity index (χ3n) is 3.43. The number of anilines is 1. The van der Waals surface area contributed by atoms with Crippen LogP contribution in [-0.4, -0.2) is 17.4 Å². The maximum atomic E-state index is 12.2. The summed E-state index contributed by atoms with van der Waals surface area (Å²) in [6.45, 7) is 4.63. The molecule has 1 amide bonds. The minimum atomic E-state index is -0.248. The van der Waals surface area contributed by atoms with Gasteiger partial charge in [0.1, 0.15) is 11.8 Å². The van der Waals surface area contributed by atoms with Gasteiger partial charge in [-0.15, -0.1) is 12.4 Å². The minimum absolute atomic E-state index is 0. The van der Waals surface area contributed by atoms with Gasteiger partial charge in [0.25, 0.3) is 5.91 Å². The maximum absolute atomic E-state index is 12.2. The predicted molar refractivity (Wildman–Crippen MR) is 83.0 cm³/mol. The van der Waals surface area contributed by atoms with Crippen molar-refractivity contribution in [3.8, 4) is 0 Å². The van der Waals surface area contributed by atoms with Gasteiger partial charge in [0, 0.05) is 17.8 Å². The maximum Gasteiger partial charge on any atom is 0.251 e. The quantitative estimate of drug-likeness (QED) is 0.915. The molecule has 1 unspecified atom stereocenters. The van der Waals surface area contributed by atoms with Crippen molar-refractivity contribution >= 4 is 24.0 Å². The van der Waals surface area contributed by atoms with Crippen LogP contribution in [0, 0.1) is 6.92 Å². The van der Waals surface area contributed by atoms with E-state index in [1.807, 2.05) is 32.0 Å². The summed E-state index contributed by atoms with van der Waals surface area (Å²) in [6, 6.07) is 5.48. The van der Waals surface area contributed by atoms with Crippen LogP contribution in [0.4, 0.5) is 5.69 Å². The van der Waals surface area contributed by atoms with E-state index < -0.39 is 0 Å². The molecule has 1 aromatic carbocycles. The molecule has 0 bridgehead atoms. The molecule has 6 heteroatoms. The van der Waals surface area contributed by atoms with Crippen LogP contribution in [0.3, 0.4) is 0 Å². The highest BCUT2D eigenvalue weighted by Crippen LogP contribution is 2.23. The van der Waals surface area contributed by atoms with Crippen molar-refractivity contribution in [2.75, 3.05) is 11.9 Å². The highest BCUT2D eigenvalue weighted by molar-refractivity contribution is 5.95. The summed E-state index contributed by atoms with van der Waals surface area (Å²) in [5.41, 5.74) is 2.98. The number of oxazole rings is 1. The van der Waals surface area contributed by atoms with Gasteiger partial charge in [0.05, 0.1) is 6.20 Å². The first-order chi connectivity index (χ1) is 9.63. The third kappa shape index (κ3) is 3.19. The molecule has 2 aromatic rings. The smallest absolute Gasteiger partial charge is 0.251 e. The molecule has 0 fully saturated rings. The van der Waals surface area contributed by atoms with Gasteiger partial charge in [-0.2, -0.15) is 0 Å². The Morgan fingerprint density at radius 1 is 1.48 bits per heavy atom. The molecule has 2 N–H and O–H groups in total. The second kappa shape index (κ2) is 6.18. The van der Waals surface area contributed by atoms with Gasteiger partial charge in [-0.1, -0.05) is 0 Å². The van der Waals surface area contributed by atoms with E-state index in [4.69, 9.17) is 4.42 Å². The van der Waals surface area contributed by atoms with Gasteiger partial charge < -0.3 is 15.1 Å². The third-order valence-corrected chi connectivity index (χ3v) is 3.43. The van der Waals surface area contributed by atoms with E-state index in [2.05, 4.69) is 15.6 Å². The van der Waals surface area contributed by atoms with Crippen molar-refractivity contribution in [2.24, 2.45) is 0 Å². The van der Waals surface area contributed by atoms with E-state index in [1.54, 1.807) is 6.20 Å². The topological polar surface area (TPSA) is 67.2 Å². The molecule has 1 aliphatic heterocycles. The summed E-state index contributed by atoms with van der Waals surface area (Å²) in [4.78, 5) is 16.4. The lowest BCUT2D eigenvalue weighted by Crippen LogP contribution is -2.26. The summed E-state index contributed by atoms with van der Waals surface area (Å²) >= 11 is 0. The molecule has 1 aliphatic rings. The zero-order valence-electron chi connectivity index (χ0n) is 12.0. The average molecular weight is 308 g/mol. The SMILES string of the molecule is Cc1cnc(C(C)NC(=O)c2ccc3c(c2)CCN3)o1.Cl. The lowest BCUT2D eigenvalue weighted by Gasteiger charge is -2.11. The Balaban J connectivity index is 0.00000161. The van der Waals surface area contributed by atoms with Gasteiger partial charge in [0.2, 0.25) is 5.89 Å². The number of nitrogens with zero attached hydrogens (tertiary/aromatic N) is 1. The number of rotatable bonds is 3. The average Bonchev–Trinajstić information content (AvgIpc) is 3.05. The molecule has 0 saturated carbocycles. The monoisotopic (exact) mass is 307 g/mol. The van der Waals surface area contributed by atoms with Gasteiger partial charge in [-0.3, -0.25) is 4.79 Å². The highest BCUT2D eigenvalue weighted by atomic mass is 35.5. The van der Waals surface area contributed by atoms with Crippen LogP contribution in [-0.2, 0) is 6.42 Å². The van der Waals surface area contributed by atoms with Gasteiger partial charge >= 0.3 is 0 Å². The van der Waals surface area contributed by atoms with Crippen LogP contribution in [0.1, 0.15) is 40.5 Å². The Labute approximate surface area is 129 Å². The van der Waals surface area contributed by atoms with Crippen molar-refractivity contribution < 1.29 is 9.21 Å². The number of carbonyl (C=O) groups excluding carboxylic acids is 1. The first-order valence-electron chi connectivity index (χ1n) is 6.73. The Morgan fingerprint density at radius 2 is 2.29 bits per heavy atom. The van der Waals surface area contributed by atoms with Crippen molar-refractivity contribution in [1.29, 1.82) is 0 Å². The summed E-state index contributed by atoms with van der Waals surface area (Å²) in [7, 11) is 0.